The normalized spacial score (nSPS) is 23.2. The number of morpholine rings is 1. The van der Waals surface area contributed by atoms with Crippen LogP contribution in [0.2, 0.25) is 0 Å². The van der Waals surface area contributed by atoms with E-state index in [1.807, 2.05) is 12.4 Å². The zero-order chi connectivity index (χ0) is 23.1. The number of nitrogens with zero attached hydrogens (tertiary/aromatic N) is 2. The van der Waals surface area contributed by atoms with Crippen LogP contribution in [0.4, 0.5) is 0 Å². The van der Waals surface area contributed by atoms with E-state index in [9.17, 15) is 5.11 Å². The number of aliphatic hydroxyl groups is 1. The number of β-amino-alcohol motifs (C(OH)–C–C–N with tert-alkyl or cyclic N) is 1. The first-order valence-corrected chi connectivity index (χ1v) is 12.5. The van der Waals surface area contributed by atoms with Crippen LogP contribution in [-0.2, 0) is 22.4 Å². The van der Waals surface area contributed by atoms with Gasteiger partial charge in [-0.25, -0.2) is 4.98 Å². The zero-order valence-corrected chi connectivity index (χ0v) is 19.9. The van der Waals surface area contributed by atoms with Crippen molar-refractivity contribution < 1.29 is 14.6 Å². The maximum atomic E-state index is 11.1. The van der Waals surface area contributed by atoms with Gasteiger partial charge in [-0.3, -0.25) is 4.90 Å². The van der Waals surface area contributed by atoms with Crippen molar-refractivity contribution in [3.05, 3.63) is 52.8 Å². The van der Waals surface area contributed by atoms with Crippen LogP contribution in [0.1, 0.15) is 41.1 Å². The molecule has 180 valence electrons. The van der Waals surface area contributed by atoms with Crippen LogP contribution in [-0.4, -0.2) is 71.6 Å². The summed E-state index contributed by atoms with van der Waals surface area (Å²) in [6, 6.07) is 7.12. The van der Waals surface area contributed by atoms with Crippen molar-refractivity contribution in [2.24, 2.45) is 0 Å². The van der Waals surface area contributed by atoms with E-state index in [0.717, 1.165) is 43.9 Å². The van der Waals surface area contributed by atoms with Crippen molar-refractivity contribution >= 4 is 11.0 Å². The summed E-state index contributed by atoms with van der Waals surface area (Å²) in [5, 5.41) is 16.0. The second-order valence-electron chi connectivity index (χ2n) is 10.2. The number of pyridine rings is 1. The fraction of sp³-hybridized carbons (Fsp3) is 0.519. The fourth-order valence-electron chi connectivity index (χ4n) is 5.75. The maximum Gasteiger partial charge on any atom is 0.137 e. The van der Waals surface area contributed by atoms with Crippen molar-refractivity contribution in [1.29, 1.82) is 0 Å². The lowest BCUT2D eigenvalue weighted by Crippen LogP contribution is -2.48. The smallest absolute Gasteiger partial charge is 0.137 e. The van der Waals surface area contributed by atoms with Gasteiger partial charge in [0.15, 0.2) is 0 Å². The predicted octanol–water partition coefficient (Wildman–Crippen LogP) is 3.10. The molecule has 0 unspecified atom stereocenters. The number of ether oxygens (including phenoxy) is 2. The van der Waals surface area contributed by atoms with Crippen molar-refractivity contribution in [3.8, 4) is 11.1 Å². The van der Waals surface area contributed by atoms with Crippen LogP contribution in [0.5, 0.6) is 0 Å². The van der Waals surface area contributed by atoms with Crippen LogP contribution in [0, 0.1) is 6.92 Å². The quantitative estimate of drug-likeness (QED) is 0.553. The molecule has 2 fully saturated rings. The molecule has 2 saturated heterocycles. The Morgan fingerprint density at radius 2 is 2.03 bits per heavy atom. The minimum atomic E-state index is -0.641. The molecular weight excluding hydrogens is 428 g/mol. The van der Waals surface area contributed by atoms with E-state index >= 15 is 0 Å². The van der Waals surface area contributed by atoms with Crippen molar-refractivity contribution in [2.75, 3.05) is 46.1 Å². The number of H-pyrrole nitrogens is 1. The topological polar surface area (TPSA) is 82.6 Å². The number of aromatic amines is 1. The van der Waals surface area contributed by atoms with Gasteiger partial charge < -0.3 is 24.9 Å². The van der Waals surface area contributed by atoms with E-state index in [1.165, 1.54) is 33.2 Å². The second kappa shape index (κ2) is 9.06. The van der Waals surface area contributed by atoms with E-state index in [-0.39, 0.29) is 6.04 Å². The molecular formula is C27H34N4O3. The predicted molar refractivity (Wildman–Crippen MR) is 132 cm³/mol. The zero-order valence-electron chi connectivity index (χ0n) is 19.9. The molecule has 0 saturated carbocycles. The first-order chi connectivity index (χ1) is 16.6. The largest absolute Gasteiger partial charge is 0.388 e. The number of nitrogens with one attached hydrogen (secondary N) is 2. The van der Waals surface area contributed by atoms with E-state index in [2.05, 4.69) is 45.3 Å². The molecule has 0 bridgehead atoms. The van der Waals surface area contributed by atoms with E-state index in [4.69, 9.17) is 9.47 Å². The minimum Gasteiger partial charge on any atom is -0.388 e. The van der Waals surface area contributed by atoms with Gasteiger partial charge in [-0.15, -0.1) is 0 Å². The van der Waals surface area contributed by atoms with Gasteiger partial charge >= 0.3 is 0 Å². The van der Waals surface area contributed by atoms with Gasteiger partial charge in [-0.1, -0.05) is 6.07 Å². The molecule has 3 aliphatic heterocycles. The van der Waals surface area contributed by atoms with Crippen LogP contribution >= 0.6 is 0 Å². The van der Waals surface area contributed by atoms with E-state index in [1.54, 1.807) is 0 Å². The van der Waals surface area contributed by atoms with Crippen LogP contribution in [0.25, 0.3) is 22.2 Å². The molecule has 5 heterocycles. The monoisotopic (exact) mass is 462 g/mol. The highest BCUT2D eigenvalue weighted by Gasteiger charge is 2.34. The number of fused-ring (bicyclic) bond motifs is 2. The molecule has 3 aliphatic rings. The molecule has 3 N–H and O–H groups in total. The average molecular weight is 463 g/mol. The molecule has 7 nitrogen and oxygen atoms in total. The Morgan fingerprint density at radius 1 is 1.15 bits per heavy atom. The summed E-state index contributed by atoms with van der Waals surface area (Å²) in [5.74, 6) is 0. The number of hydrogen-bond acceptors (Lipinski definition) is 6. The molecule has 1 atom stereocenters. The second-order valence-corrected chi connectivity index (χ2v) is 10.2. The SMILES string of the molecule is Cc1c[nH]c2ncc(-c3cc4c(c([C@@H]5COCCN5)c3)CN(CC3(O)CCOCC3)CC4)cc12. The van der Waals surface area contributed by atoms with Gasteiger partial charge in [0.2, 0.25) is 0 Å². The number of aromatic nitrogens is 2. The van der Waals surface area contributed by atoms with Gasteiger partial charge in [0.25, 0.3) is 0 Å². The highest BCUT2D eigenvalue weighted by molar-refractivity contribution is 5.84. The Hall–Kier alpha value is -2.29. The molecule has 0 amide bonds. The summed E-state index contributed by atoms with van der Waals surface area (Å²) in [6.45, 7) is 8.26. The Labute approximate surface area is 200 Å². The third-order valence-corrected chi connectivity index (χ3v) is 7.77. The summed E-state index contributed by atoms with van der Waals surface area (Å²) < 4.78 is 11.3. The fourth-order valence-corrected chi connectivity index (χ4v) is 5.75. The first kappa shape index (κ1) is 22.2. The molecule has 1 aromatic carbocycles. The van der Waals surface area contributed by atoms with Crippen LogP contribution in [0.3, 0.4) is 0 Å². The number of hydrogen-bond donors (Lipinski definition) is 3. The van der Waals surface area contributed by atoms with Gasteiger partial charge in [-0.05, 0) is 53.3 Å². The van der Waals surface area contributed by atoms with Crippen LogP contribution in [0.15, 0.2) is 30.6 Å². The lowest BCUT2D eigenvalue weighted by Gasteiger charge is -2.40. The highest BCUT2D eigenvalue weighted by Crippen LogP contribution is 2.35. The Bertz CT molecular complexity index is 1180. The van der Waals surface area contributed by atoms with Gasteiger partial charge in [0.05, 0.1) is 24.9 Å². The van der Waals surface area contributed by atoms with Gasteiger partial charge in [-0.2, -0.15) is 0 Å². The first-order valence-electron chi connectivity index (χ1n) is 12.5. The van der Waals surface area contributed by atoms with Crippen molar-refractivity contribution in [2.45, 2.75) is 44.4 Å². The summed E-state index contributed by atoms with van der Waals surface area (Å²) in [7, 11) is 0. The van der Waals surface area contributed by atoms with Gasteiger partial charge in [0, 0.05) is 75.6 Å². The summed E-state index contributed by atoms with van der Waals surface area (Å²) in [6.07, 6.45) is 6.41. The lowest BCUT2D eigenvalue weighted by molar-refractivity contribution is -0.0815. The lowest BCUT2D eigenvalue weighted by atomic mass is 9.86. The maximum absolute atomic E-state index is 11.1. The highest BCUT2D eigenvalue weighted by atomic mass is 16.5. The molecule has 6 rings (SSSR count). The van der Waals surface area contributed by atoms with Crippen molar-refractivity contribution in [3.63, 3.8) is 0 Å². The van der Waals surface area contributed by atoms with Crippen LogP contribution < -0.4 is 5.32 Å². The third-order valence-electron chi connectivity index (χ3n) is 7.77. The minimum absolute atomic E-state index is 0.180. The summed E-state index contributed by atoms with van der Waals surface area (Å²) in [4.78, 5) is 10.4. The van der Waals surface area contributed by atoms with Gasteiger partial charge in [0.1, 0.15) is 5.65 Å². The van der Waals surface area contributed by atoms with E-state index < -0.39 is 5.60 Å². The number of rotatable bonds is 4. The third kappa shape index (κ3) is 4.27. The number of benzene rings is 1. The molecule has 0 radical (unpaired) electrons. The Kier molecular flexibility index (Phi) is 5.91. The molecule has 0 aliphatic carbocycles. The molecule has 3 aromatic rings. The molecule has 7 heteroatoms. The number of aryl methyl sites for hydroxylation is 1. The molecule has 34 heavy (non-hydrogen) atoms. The van der Waals surface area contributed by atoms with Crippen molar-refractivity contribution in [1.82, 2.24) is 20.2 Å². The summed E-state index contributed by atoms with van der Waals surface area (Å²) >= 11 is 0. The molecule has 0 spiro atoms. The Balaban J connectivity index is 1.36. The Morgan fingerprint density at radius 3 is 2.85 bits per heavy atom. The van der Waals surface area contributed by atoms with E-state index in [0.29, 0.717) is 39.2 Å². The molecule has 2 aromatic heterocycles. The summed E-state index contributed by atoms with van der Waals surface area (Å²) in [5.41, 5.74) is 7.98. The standard InChI is InChI=1S/C27H34N4O3/c1-18-13-29-26-22(18)12-21(14-30-26)20-10-19-2-6-31(17-27(32)3-7-33-8-4-27)15-24(19)23(11-20)25-16-34-9-5-28-25/h10-14,25,28,32H,2-9,15-17H2,1H3,(H,29,30)/t25-/m0/s1. The average Bonchev–Trinajstić information content (AvgIpc) is 3.24.